The van der Waals surface area contributed by atoms with E-state index >= 15 is 0 Å². The van der Waals surface area contributed by atoms with Gasteiger partial charge in [0.2, 0.25) is 0 Å². The molecule has 1 aliphatic heterocycles. The Morgan fingerprint density at radius 1 is 1.29 bits per heavy atom. The molecule has 1 heterocycles. The maximum Gasteiger partial charge on any atom is 0.160 e. The predicted octanol–water partition coefficient (Wildman–Crippen LogP) is 2.00. The van der Waals surface area contributed by atoms with Crippen LogP contribution in [0.15, 0.2) is 6.07 Å². The Bertz CT molecular complexity index is 470. The number of fused-ring (bicyclic) bond motifs is 3. The van der Waals surface area contributed by atoms with Crippen molar-refractivity contribution in [1.29, 1.82) is 0 Å². The zero-order valence-corrected chi connectivity index (χ0v) is 10.4. The molecule has 1 aromatic carbocycles. The van der Waals surface area contributed by atoms with Crippen LogP contribution < -0.4 is 0 Å². The van der Waals surface area contributed by atoms with Crippen molar-refractivity contribution >= 4 is 0 Å². The van der Waals surface area contributed by atoms with Crippen LogP contribution >= 0.6 is 0 Å². The van der Waals surface area contributed by atoms with Gasteiger partial charge in [0.05, 0.1) is 0 Å². The van der Waals surface area contributed by atoms with Crippen molar-refractivity contribution in [2.24, 2.45) is 5.92 Å². The molecule has 0 amide bonds. The fraction of sp³-hybridized carbons (Fsp3) is 0.571. The number of nitrogens with zero attached hydrogens (tertiary/aromatic N) is 1. The summed E-state index contributed by atoms with van der Waals surface area (Å²) in [6.07, 6.45) is 2.02. The summed E-state index contributed by atoms with van der Waals surface area (Å²) >= 11 is 0. The Hall–Kier alpha value is -1.22. The van der Waals surface area contributed by atoms with Crippen LogP contribution in [0.3, 0.4) is 0 Å². The molecular weight excluding hydrogens is 214 g/mol. The molecule has 0 saturated carbocycles. The Morgan fingerprint density at radius 3 is 2.82 bits per heavy atom. The third-order valence-electron chi connectivity index (χ3n) is 4.39. The van der Waals surface area contributed by atoms with Crippen molar-refractivity contribution < 1.29 is 10.2 Å². The van der Waals surface area contributed by atoms with Gasteiger partial charge in [0.25, 0.3) is 0 Å². The minimum Gasteiger partial charge on any atom is -0.504 e. The van der Waals surface area contributed by atoms with E-state index in [1.807, 2.05) is 6.92 Å². The van der Waals surface area contributed by atoms with Crippen LogP contribution in [0.5, 0.6) is 11.5 Å². The highest BCUT2D eigenvalue weighted by Crippen LogP contribution is 2.47. The molecule has 92 valence electrons. The first-order valence-electron chi connectivity index (χ1n) is 6.30. The Morgan fingerprint density at radius 2 is 2.06 bits per heavy atom. The average molecular weight is 233 g/mol. The Labute approximate surface area is 102 Å². The molecule has 1 aliphatic carbocycles. The van der Waals surface area contributed by atoms with E-state index in [0.29, 0.717) is 5.92 Å². The van der Waals surface area contributed by atoms with Gasteiger partial charge in [0, 0.05) is 24.6 Å². The number of aryl methyl sites for hydroxylation is 1. The van der Waals surface area contributed by atoms with Gasteiger partial charge in [-0.05, 0) is 49.9 Å². The second kappa shape index (κ2) is 3.64. The molecular formula is C14H19NO2. The highest BCUT2D eigenvalue weighted by Gasteiger charge is 2.38. The molecule has 3 rings (SSSR count). The Kier molecular flexibility index (Phi) is 2.33. The first-order chi connectivity index (χ1) is 8.08. The molecule has 3 nitrogen and oxygen atoms in total. The predicted molar refractivity (Wildman–Crippen MR) is 66.6 cm³/mol. The van der Waals surface area contributed by atoms with Crippen LogP contribution in [0.4, 0.5) is 0 Å². The first-order valence-corrected chi connectivity index (χ1v) is 6.30. The quantitative estimate of drug-likeness (QED) is 0.674. The van der Waals surface area contributed by atoms with E-state index in [-0.39, 0.29) is 11.5 Å². The molecule has 1 fully saturated rings. The maximum absolute atomic E-state index is 9.99. The minimum atomic E-state index is 0.0334. The molecule has 0 spiro atoms. The fourth-order valence-electron chi connectivity index (χ4n) is 3.68. The van der Waals surface area contributed by atoms with Crippen LogP contribution in [0.2, 0.25) is 0 Å². The van der Waals surface area contributed by atoms with Crippen LogP contribution in [-0.4, -0.2) is 35.3 Å². The molecule has 17 heavy (non-hydrogen) atoms. The number of benzene rings is 1. The summed E-state index contributed by atoms with van der Waals surface area (Å²) in [7, 11) is 2.16. The number of hydrogen-bond donors (Lipinski definition) is 2. The zero-order valence-electron chi connectivity index (χ0n) is 10.4. The summed E-state index contributed by atoms with van der Waals surface area (Å²) in [6, 6.07) is 1.70. The number of phenols is 2. The lowest BCUT2D eigenvalue weighted by Crippen LogP contribution is -2.20. The largest absolute Gasteiger partial charge is 0.504 e. The van der Waals surface area contributed by atoms with Crippen molar-refractivity contribution in [1.82, 2.24) is 4.90 Å². The summed E-state index contributed by atoms with van der Waals surface area (Å²) < 4.78 is 0. The summed E-state index contributed by atoms with van der Waals surface area (Å²) in [4.78, 5) is 2.37. The van der Waals surface area contributed by atoms with Crippen LogP contribution in [0, 0.1) is 12.8 Å². The highest BCUT2D eigenvalue weighted by atomic mass is 16.3. The fourth-order valence-corrected chi connectivity index (χ4v) is 3.68. The third kappa shape index (κ3) is 1.53. The van der Waals surface area contributed by atoms with Gasteiger partial charge in [0.15, 0.2) is 11.5 Å². The van der Waals surface area contributed by atoms with Crippen molar-refractivity contribution in [2.45, 2.75) is 25.7 Å². The summed E-state index contributed by atoms with van der Waals surface area (Å²) in [5.74, 6) is 1.40. The molecule has 1 aromatic rings. The topological polar surface area (TPSA) is 43.7 Å². The third-order valence-corrected chi connectivity index (χ3v) is 4.39. The Balaban J connectivity index is 2.14. The van der Waals surface area contributed by atoms with Gasteiger partial charge in [-0.25, -0.2) is 0 Å². The van der Waals surface area contributed by atoms with Gasteiger partial charge in [-0.15, -0.1) is 0 Å². The van der Waals surface area contributed by atoms with E-state index < -0.39 is 0 Å². The molecule has 0 unspecified atom stereocenters. The van der Waals surface area contributed by atoms with Crippen molar-refractivity contribution in [3.8, 4) is 11.5 Å². The normalized spacial score (nSPS) is 27.9. The molecule has 0 aromatic heterocycles. The van der Waals surface area contributed by atoms with Crippen LogP contribution in [0.1, 0.15) is 29.0 Å². The van der Waals surface area contributed by atoms with Gasteiger partial charge in [-0.1, -0.05) is 0 Å². The van der Waals surface area contributed by atoms with Gasteiger partial charge in [-0.3, -0.25) is 0 Å². The summed E-state index contributed by atoms with van der Waals surface area (Å²) in [6.45, 7) is 4.27. The standard InChI is InChI=1S/C14H19NO2/c1-8-5-12(16)14(17)10-4-3-9-6-15(2)7-11(9)13(8)10/h5,9,11,16-17H,3-4,6-7H2,1-2H3/t9-,11+/m0/s1. The van der Waals surface area contributed by atoms with Crippen molar-refractivity contribution in [3.05, 3.63) is 22.8 Å². The maximum atomic E-state index is 9.99. The lowest BCUT2D eigenvalue weighted by Gasteiger charge is -2.29. The van der Waals surface area contributed by atoms with Crippen LogP contribution in [-0.2, 0) is 6.42 Å². The molecule has 2 aliphatic rings. The summed E-state index contributed by atoms with van der Waals surface area (Å²) in [5.41, 5.74) is 3.40. The van der Waals surface area contributed by atoms with Gasteiger partial charge in [-0.2, -0.15) is 0 Å². The second-order valence-corrected chi connectivity index (χ2v) is 5.58. The number of likely N-dealkylation sites (tertiary alicyclic amines) is 1. The monoisotopic (exact) mass is 233 g/mol. The molecule has 0 bridgehead atoms. The van der Waals surface area contributed by atoms with Gasteiger partial charge in [0.1, 0.15) is 0 Å². The van der Waals surface area contributed by atoms with E-state index in [0.717, 1.165) is 43.0 Å². The number of aromatic hydroxyl groups is 2. The summed E-state index contributed by atoms with van der Waals surface area (Å²) in [5, 5.41) is 19.7. The molecule has 3 heteroatoms. The van der Waals surface area contributed by atoms with E-state index in [4.69, 9.17) is 0 Å². The molecule has 2 atom stereocenters. The lowest BCUT2D eigenvalue weighted by atomic mass is 9.75. The molecule has 0 radical (unpaired) electrons. The number of likely N-dealkylation sites (N-methyl/N-ethyl adjacent to an activating group) is 1. The van der Waals surface area contributed by atoms with E-state index in [2.05, 4.69) is 11.9 Å². The minimum absolute atomic E-state index is 0.0334. The zero-order chi connectivity index (χ0) is 12.2. The smallest absolute Gasteiger partial charge is 0.160 e. The van der Waals surface area contributed by atoms with Crippen molar-refractivity contribution in [2.75, 3.05) is 20.1 Å². The first kappa shape index (κ1) is 10.9. The number of rotatable bonds is 0. The molecule has 1 saturated heterocycles. The number of hydrogen-bond acceptors (Lipinski definition) is 3. The number of phenolic OH excluding ortho intramolecular Hbond substituents is 2. The van der Waals surface area contributed by atoms with Crippen molar-refractivity contribution in [3.63, 3.8) is 0 Å². The SMILES string of the molecule is Cc1cc(O)c(O)c2c1[C@@H]1CN(C)C[C@@H]1CC2. The molecule has 2 N–H and O–H groups in total. The second-order valence-electron chi connectivity index (χ2n) is 5.58. The van der Waals surface area contributed by atoms with E-state index in [1.54, 1.807) is 6.07 Å². The lowest BCUT2D eigenvalue weighted by molar-refractivity contribution is 0.375. The average Bonchev–Trinajstić information content (AvgIpc) is 2.65. The van der Waals surface area contributed by atoms with E-state index in [1.165, 1.54) is 5.56 Å². The van der Waals surface area contributed by atoms with Crippen LogP contribution in [0.25, 0.3) is 0 Å². The highest BCUT2D eigenvalue weighted by molar-refractivity contribution is 5.55. The van der Waals surface area contributed by atoms with Gasteiger partial charge >= 0.3 is 0 Å². The van der Waals surface area contributed by atoms with E-state index in [9.17, 15) is 10.2 Å². The van der Waals surface area contributed by atoms with Gasteiger partial charge < -0.3 is 15.1 Å².